The van der Waals surface area contributed by atoms with E-state index in [2.05, 4.69) is 30.0 Å². The van der Waals surface area contributed by atoms with Crippen LogP contribution >= 0.6 is 0 Å². The summed E-state index contributed by atoms with van der Waals surface area (Å²) in [5, 5.41) is 3.65. The summed E-state index contributed by atoms with van der Waals surface area (Å²) in [4.78, 5) is 3.81. The summed E-state index contributed by atoms with van der Waals surface area (Å²) in [5.41, 5.74) is 3.14. The lowest BCUT2D eigenvalue weighted by Gasteiger charge is -2.20. The summed E-state index contributed by atoms with van der Waals surface area (Å²) in [6.07, 6.45) is 0.804. The Kier molecular flexibility index (Phi) is 5.91. The fourth-order valence-corrected chi connectivity index (χ4v) is 1.69. The van der Waals surface area contributed by atoms with Crippen LogP contribution in [0.15, 0.2) is 60.4 Å². The summed E-state index contributed by atoms with van der Waals surface area (Å²) in [5.74, 6) is 0.226. The average molecular weight is 287 g/mol. The lowest BCUT2D eigenvalue weighted by molar-refractivity contribution is 0.179. The fraction of sp³-hybridized carbons (Fsp3) is 0.235. The molecule has 0 radical (unpaired) electrons. The van der Waals surface area contributed by atoms with E-state index >= 15 is 0 Å². The summed E-state index contributed by atoms with van der Waals surface area (Å²) in [6, 6.07) is 7.54. The summed E-state index contributed by atoms with van der Waals surface area (Å²) in [7, 11) is 1.53. The van der Waals surface area contributed by atoms with Crippen molar-refractivity contribution >= 4 is 17.1 Å². The van der Waals surface area contributed by atoms with Crippen LogP contribution in [-0.4, -0.2) is 18.0 Å². The number of rotatable bonds is 6. The third kappa shape index (κ3) is 4.05. The number of hydrogen-bond donors (Lipinski definition) is 1. The Balaban J connectivity index is 3.08. The molecule has 0 aliphatic heterocycles. The molecule has 1 aromatic rings. The molecule has 0 amide bonds. The smallest absolute Gasteiger partial charge is 0.131 e. The van der Waals surface area contributed by atoms with Gasteiger partial charge in [-0.25, -0.2) is 0 Å². The van der Waals surface area contributed by atoms with Gasteiger partial charge in [-0.3, -0.25) is 4.99 Å². The maximum atomic E-state index is 14.1. The van der Waals surface area contributed by atoms with Crippen molar-refractivity contribution in [2.24, 2.45) is 4.99 Å². The number of nitrogens with zero attached hydrogens (tertiary/aromatic N) is 2. The van der Waals surface area contributed by atoms with Gasteiger partial charge in [0.1, 0.15) is 5.84 Å². The molecule has 0 fully saturated rings. The Morgan fingerprint density at radius 2 is 1.90 bits per heavy atom. The number of para-hydroxylation sites is 1. The molecule has 0 bridgehead atoms. The molecule has 4 heteroatoms. The van der Waals surface area contributed by atoms with Crippen LogP contribution in [0.3, 0.4) is 0 Å². The Bertz CT molecular complexity index is 587. The standard InChI is InChI=1S/C17H22FN3/c1-7-12(2)20-17-11-9-8-10-16(17)13(3)14(4)21(18)15(5)19-6/h8-11,20H,2-4,7H2,1,5-6H3. The molecule has 1 N–H and O–H groups in total. The van der Waals surface area contributed by atoms with Crippen LogP contribution in [0.2, 0.25) is 0 Å². The van der Waals surface area contributed by atoms with E-state index in [1.165, 1.54) is 7.05 Å². The Morgan fingerprint density at radius 1 is 1.29 bits per heavy atom. The largest absolute Gasteiger partial charge is 0.359 e. The van der Waals surface area contributed by atoms with E-state index in [0.29, 0.717) is 10.7 Å². The van der Waals surface area contributed by atoms with Gasteiger partial charge in [0.2, 0.25) is 0 Å². The molecule has 0 heterocycles. The molecule has 0 aromatic heterocycles. The van der Waals surface area contributed by atoms with Gasteiger partial charge >= 0.3 is 0 Å². The lowest BCUT2D eigenvalue weighted by atomic mass is 10.0. The number of benzene rings is 1. The predicted octanol–water partition coefficient (Wildman–Crippen LogP) is 4.78. The summed E-state index contributed by atoms with van der Waals surface area (Å²) < 4.78 is 14.1. The maximum absolute atomic E-state index is 14.1. The first-order chi connectivity index (χ1) is 9.92. The van der Waals surface area contributed by atoms with Gasteiger partial charge in [0.05, 0.1) is 5.70 Å². The van der Waals surface area contributed by atoms with Crippen LogP contribution in [0.5, 0.6) is 0 Å². The molecule has 1 aromatic carbocycles. The van der Waals surface area contributed by atoms with Crippen molar-refractivity contribution in [2.75, 3.05) is 12.4 Å². The molecular weight excluding hydrogens is 265 g/mol. The van der Waals surface area contributed by atoms with Crippen molar-refractivity contribution in [2.45, 2.75) is 20.3 Å². The number of halogens is 1. The third-order valence-corrected chi connectivity index (χ3v) is 3.18. The van der Waals surface area contributed by atoms with Crippen LogP contribution in [0.4, 0.5) is 10.2 Å². The second-order valence-corrected chi connectivity index (χ2v) is 4.60. The van der Waals surface area contributed by atoms with Crippen molar-refractivity contribution in [1.29, 1.82) is 0 Å². The zero-order valence-corrected chi connectivity index (χ0v) is 12.9. The first-order valence-electron chi connectivity index (χ1n) is 6.74. The summed E-state index contributed by atoms with van der Waals surface area (Å²) >= 11 is 0. The Morgan fingerprint density at radius 3 is 2.48 bits per heavy atom. The highest BCUT2D eigenvalue weighted by Crippen LogP contribution is 2.30. The van der Waals surface area contributed by atoms with Crippen LogP contribution in [0.25, 0.3) is 5.57 Å². The highest BCUT2D eigenvalue weighted by atomic mass is 19.2. The van der Waals surface area contributed by atoms with Gasteiger partial charge in [0, 0.05) is 29.6 Å². The molecule has 1 rings (SSSR count). The van der Waals surface area contributed by atoms with Crippen LogP contribution in [0.1, 0.15) is 25.8 Å². The zero-order chi connectivity index (χ0) is 16.0. The molecule has 112 valence electrons. The van der Waals surface area contributed by atoms with E-state index in [0.717, 1.165) is 23.4 Å². The van der Waals surface area contributed by atoms with E-state index < -0.39 is 0 Å². The van der Waals surface area contributed by atoms with E-state index in [1.54, 1.807) is 6.92 Å². The molecule has 0 spiro atoms. The van der Waals surface area contributed by atoms with E-state index in [-0.39, 0.29) is 11.5 Å². The number of aliphatic imine (C=N–C) groups is 1. The topological polar surface area (TPSA) is 27.6 Å². The van der Waals surface area contributed by atoms with Crippen molar-refractivity contribution in [1.82, 2.24) is 5.12 Å². The highest BCUT2D eigenvalue weighted by molar-refractivity contribution is 5.89. The van der Waals surface area contributed by atoms with Crippen LogP contribution in [0, 0.1) is 0 Å². The molecule has 0 saturated carbocycles. The zero-order valence-electron chi connectivity index (χ0n) is 12.9. The quantitative estimate of drug-likeness (QED) is 0.353. The third-order valence-electron chi connectivity index (χ3n) is 3.18. The fourth-order valence-electron chi connectivity index (χ4n) is 1.69. The number of amidine groups is 1. The van der Waals surface area contributed by atoms with Gasteiger partial charge in [0.15, 0.2) is 0 Å². The van der Waals surface area contributed by atoms with Gasteiger partial charge in [0.25, 0.3) is 0 Å². The number of anilines is 1. The SMILES string of the molecule is C=C(CC)Nc1ccccc1C(=C)C(=C)N(F)C(C)=NC. The molecule has 0 atom stereocenters. The minimum absolute atomic E-state index is 0.162. The second-order valence-electron chi connectivity index (χ2n) is 4.60. The van der Waals surface area contributed by atoms with Gasteiger partial charge in [-0.2, -0.15) is 5.12 Å². The van der Waals surface area contributed by atoms with Crippen LogP contribution < -0.4 is 5.32 Å². The molecule has 0 aliphatic carbocycles. The lowest BCUT2D eigenvalue weighted by Crippen LogP contribution is -2.19. The second kappa shape index (κ2) is 7.43. The monoisotopic (exact) mass is 287 g/mol. The average Bonchev–Trinajstić information content (AvgIpc) is 2.52. The van der Waals surface area contributed by atoms with Crippen molar-refractivity contribution < 1.29 is 4.48 Å². The normalized spacial score (nSPS) is 11.0. The van der Waals surface area contributed by atoms with Crippen molar-refractivity contribution in [3.63, 3.8) is 0 Å². The minimum Gasteiger partial charge on any atom is -0.359 e. The first-order valence-corrected chi connectivity index (χ1v) is 6.74. The summed E-state index contributed by atoms with van der Waals surface area (Å²) in [6.45, 7) is 15.2. The molecule has 0 aliphatic rings. The van der Waals surface area contributed by atoms with Gasteiger partial charge in [-0.15, -0.1) is 0 Å². The van der Waals surface area contributed by atoms with E-state index in [1.807, 2.05) is 31.2 Å². The number of allylic oxidation sites excluding steroid dienone is 2. The molecule has 0 saturated heterocycles. The van der Waals surface area contributed by atoms with E-state index in [9.17, 15) is 4.48 Å². The van der Waals surface area contributed by atoms with Gasteiger partial charge in [-0.1, -0.05) is 49.3 Å². The molecule has 0 unspecified atom stereocenters. The first kappa shape index (κ1) is 16.7. The molecule has 21 heavy (non-hydrogen) atoms. The number of hydrogen-bond acceptors (Lipinski definition) is 2. The van der Waals surface area contributed by atoms with Crippen LogP contribution in [-0.2, 0) is 0 Å². The van der Waals surface area contributed by atoms with E-state index in [4.69, 9.17) is 0 Å². The number of nitrogens with one attached hydrogen (secondary N) is 1. The Hall–Kier alpha value is -2.36. The predicted molar refractivity (Wildman–Crippen MR) is 89.6 cm³/mol. The Labute approximate surface area is 126 Å². The molecular formula is C17H22FN3. The van der Waals surface area contributed by atoms with Gasteiger partial charge in [-0.05, 0) is 19.4 Å². The maximum Gasteiger partial charge on any atom is 0.131 e. The van der Waals surface area contributed by atoms with Crippen molar-refractivity contribution in [3.05, 3.63) is 61.0 Å². The highest BCUT2D eigenvalue weighted by Gasteiger charge is 2.16. The molecule has 3 nitrogen and oxygen atoms in total. The minimum atomic E-state index is 0.162. The van der Waals surface area contributed by atoms with Crippen molar-refractivity contribution in [3.8, 4) is 0 Å². The van der Waals surface area contributed by atoms with Gasteiger partial charge < -0.3 is 5.32 Å².